The molecule has 4 rings (SSSR count). The van der Waals surface area contributed by atoms with Gasteiger partial charge in [0.2, 0.25) is 0 Å². The molecule has 0 bridgehead atoms. The van der Waals surface area contributed by atoms with Crippen molar-refractivity contribution in [1.29, 1.82) is 0 Å². The van der Waals surface area contributed by atoms with Gasteiger partial charge in [0, 0.05) is 36.7 Å². The van der Waals surface area contributed by atoms with Gasteiger partial charge >= 0.3 is 0 Å². The Morgan fingerprint density at radius 3 is 2.95 bits per heavy atom. The smallest absolute Gasteiger partial charge is 0.160 e. The summed E-state index contributed by atoms with van der Waals surface area (Å²) in [6.45, 7) is 2.06. The first kappa shape index (κ1) is 12.5. The minimum absolute atomic E-state index is 0.397. The first-order chi connectivity index (χ1) is 10.4. The van der Waals surface area contributed by atoms with Crippen LogP contribution < -0.4 is 5.32 Å². The Hall–Kier alpha value is -2.27. The molecule has 0 aliphatic carbocycles. The van der Waals surface area contributed by atoms with Gasteiger partial charge in [0.1, 0.15) is 11.3 Å². The molecule has 106 valence electrons. The molecule has 1 atom stereocenters. The van der Waals surface area contributed by atoms with Crippen LogP contribution in [0.2, 0.25) is 0 Å². The Labute approximate surface area is 123 Å². The zero-order valence-corrected chi connectivity index (χ0v) is 11.7. The molecule has 0 spiro atoms. The lowest BCUT2D eigenvalue weighted by molar-refractivity contribution is 0.379. The second-order valence-corrected chi connectivity index (χ2v) is 5.39. The third-order valence-corrected chi connectivity index (χ3v) is 4.00. The van der Waals surface area contributed by atoms with E-state index >= 15 is 0 Å². The minimum atomic E-state index is 0.397. The Balaban J connectivity index is 1.92. The Morgan fingerprint density at radius 2 is 2.14 bits per heavy atom. The quantitative estimate of drug-likeness (QED) is 0.782. The van der Waals surface area contributed by atoms with Crippen LogP contribution in [0.1, 0.15) is 18.9 Å². The van der Waals surface area contributed by atoms with Gasteiger partial charge in [0.25, 0.3) is 0 Å². The Bertz CT molecular complexity index is 744. The summed E-state index contributed by atoms with van der Waals surface area (Å²) in [5.74, 6) is 0.963. The monoisotopic (exact) mass is 279 g/mol. The van der Waals surface area contributed by atoms with E-state index in [1.165, 1.54) is 6.42 Å². The third kappa shape index (κ3) is 2.19. The van der Waals surface area contributed by atoms with Gasteiger partial charge in [0.05, 0.1) is 0 Å². The van der Waals surface area contributed by atoms with Crippen LogP contribution in [-0.2, 0) is 0 Å². The maximum atomic E-state index is 4.79. The van der Waals surface area contributed by atoms with Gasteiger partial charge in [0.15, 0.2) is 5.65 Å². The Morgan fingerprint density at radius 1 is 1.19 bits per heavy atom. The van der Waals surface area contributed by atoms with E-state index in [1.54, 1.807) is 6.20 Å². The highest BCUT2D eigenvalue weighted by Gasteiger charge is 2.22. The number of nitrogens with zero attached hydrogens (tertiary/aromatic N) is 4. The molecule has 3 aromatic rings. The zero-order chi connectivity index (χ0) is 14.1. The second kappa shape index (κ2) is 5.26. The standard InChI is InChI=1S/C16H17N5/c1-4-12(10-17-7-1)15-20-14-6-3-9-19-16(14)21(15)13-5-2-8-18-11-13/h1,3-4,6-7,9-10,13,18H,2,5,8,11H2. The summed E-state index contributed by atoms with van der Waals surface area (Å²) in [6.07, 6.45) is 7.83. The number of piperidine rings is 1. The van der Waals surface area contributed by atoms with E-state index in [1.807, 2.05) is 30.6 Å². The lowest BCUT2D eigenvalue weighted by atomic mass is 10.1. The summed E-state index contributed by atoms with van der Waals surface area (Å²) in [5, 5.41) is 3.47. The fourth-order valence-corrected chi connectivity index (χ4v) is 3.03. The van der Waals surface area contributed by atoms with Crippen LogP contribution in [0.3, 0.4) is 0 Å². The molecule has 1 aliphatic heterocycles. The predicted molar refractivity (Wildman–Crippen MR) is 81.9 cm³/mol. The molecule has 1 fully saturated rings. The molecular formula is C16H17N5. The van der Waals surface area contributed by atoms with Crippen LogP contribution in [0, 0.1) is 0 Å². The molecule has 0 amide bonds. The van der Waals surface area contributed by atoms with Crippen LogP contribution in [-0.4, -0.2) is 32.6 Å². The van der Waals surface area contributed by atoms with E-state index in [4.69, 9.17) is 4.98 Å². The van der Waals surface area contributed by atoms with Crippen LogP contribution in [0.4, 0.5) is 0 Å². The minimum Gasteiger partial charge on any atom is -0.315 e. The van der Waals surface area contributed by atoms with E-state index in [9.17, 15) is 0 Å². The maximum absolute atomic E-state index is 4.79. The van der Waals surface area contributed by atoms with E-state index < -0.39 is 0 Å². The van der Waals surface area contributed by atoms with Gasteiger partial charge in [-0.2, -0.15) is 0 Å². The summed E-state index contributed by atoms with van der Waals surface area (Å²) < 4.78 is 2.28. The molecule has 1 N–H and O–H groups in total. The number of fused-ring (bicyclic) bond motifs is 1. The van der Waals surface area contributed by atoms with E-state index in [2.05, 4.69) is 25.9 Å². The molecule has 0 radical (unpaired) electrons. The van der Waals surface area contributed by atoms with Crippen molar-refractivity contribution >= 4 is 11.2 Å². The first-order valence-electron chi connectivity index (χ1n) is 7.37. The maximum Gasteiger partial charge on any atom is 0.160 e. The molecule has 1 unspecified atom stereocenters. The molecule has 5 heteroatoms. The molecular weight excluding hydrogens is 262 g/mol. The summed E-state index contributed by atoms with van der Waals surface area (Å²) in [5.41, 5.74) is 2.95. The second-order valence-electron chi connectivity index (χ2n) is 5.39. The topological polar surface area (TPSA) is 55.6 Å². The van der Waals surface area contributed by atoms with Crippen molar-refractivity contribution in [3.63, 3.8) is 0 Å². The summed E-state index contributed by atoms with van der Waals surface area (Å²) in [6, 6.07) is 8.36. The van der Waals surface area contributed by atoms with Crippen LogP contribution in [0.5, 0.6) is 0 Å². The number of hydrogen-bond donors (Lipinski definition) is 1. The molecule has 1 saturated heterocycles. The SMILES string of the molecule is c1cncc(-c2nc3cccnc3n2C2CCCNC2)c1. The molecule has 21 heavy (non-hydrogen) atoms. The van der Waals surface area contributed by atoms with Gasteiger partial charge in [-0.25, -0.2) is 9.97 Å². The highest BCUT2D eigenvalue weighted by molar-refractivity contribution is 5.77. The molecule has 0 aromatic carbocycles. The number of hydrogen-bond acceptors (Lipinski definition) is 4. The fourth-order valence-electron chi connectivity index (χ4n) is 3.03. The normalized spacial score (nSPS) is 19.0. The molecule has 5 nitrogen and oxygen atoms in total. The van der Waals surface area contributed by atoms with Gasteiger partial charge in [-0.15, -0.1) is 0 Å². The van der Waals surface area contributed by atoms with E-state index in [0.29, 0.717) is 6.04 Å². The largest absolute Gasteiger partial charge is 0.315 e. The summed E-state index contributed by atoms with van der Waals surface area (Å²) in [7, 11) is 0. The lowest BCUT2D eigenvalue weighted by Crippen LogP contribution is -2.32. The Kier molecular flexibility index (Phi) is 3.12. The number of aromatic nitrogens is 4. The number of imidazole rings is 1. The zero-order valence-electron chi connectivity index (χ0n) is 11.7. The third-order valence-electron chi connectivity index (χ3n) is 4.00. The molecule has 3 aromatic heterocycles. The van der Waals surface area contributed by atoms with Crippen molar-refractivity contribution in [1.82, 2.24) is 24.8 Å². The highest BCUT2D eigenvalue weighted by atomic mass is 15.2. The van der Waals surface area contributed by atoms with Crippen LogP contribution in [0.15, 0.2) is 42.9 Å². The molecule has 4 heterocycles. The number of nitrogens with one attached hydrogen (secondary N) is 1. The molecule has 1 aliphatic rings. The molecule has 0 saturated carbocycles. The number of pyridine rings is 2. The number of rotatable bonds is 2. The summed E-state index contributed by atoms with van der Waals surface area (Å²) in [4.78, 5) is 13.6. The van der Waals surface area contributed by atoms with Crippen molar-refractivity contribution in [3.05, 3.63) is 42.9 Å². The van der Waals surface area contributed by atoms with Crippen LogP contribution >= 0.6 is 0 Å². The fraction of sp³-hybridized carbons (Fsp3) is 0.312. The van der Waals surface area contributed by atoms with Gasteiger partial charge in [-0.1, -0.05) is 0 Å². The predicted octanol–water partition coefficient (Wildman–Crippen LogP) is 2.42. The van der Waals surface area contributed by atoms with Crippen molar-refractivity contribution < 1.29 is 0 Å². The average Bonchev–Trinajstić information content (AvgIpc) is 2.96. The summed E-state index contributed by atoms with van der Waals surface area (Å²) >= 11 is 0. The van der Waals surface area contributed by atoms with E-state index in [0.717, 1.165) is 42.1 Å². The lowest BCUT2D eigenvalue weighted by Gasteiger charge is -2.25. The van der Waals surface area contributed by atoms with Gasteiger partial charge < -0.3 is 9.88 Å². The van der Waals surface area contributed by atoms with Crippen molar-refractivity contribution in [2.75, 3.05) is 13.1 Å². The highest BCUT2D eigenvalue weighted by Crippen LogP contribution is 2.29. The van der Waals surface area contributed by atoms with Crippen molar-refractivity contribution in [2.45, 2.75) is 18.9 Å². The van der Waals surface area contributed by atoms with Crippen molar-refractivity contribution in [3.8, 4) is 11.4 Å². The van der Waals surface area contributed by atoms with Gasteiger partial charge in [-0.3, -0.25) is 4.98 Å². The van der Waals surface area contributed by atoms with Crippen molar-refractivity contribution in [2.24, 2.45) is 0 Å². The average molecular weight is 279 g/mol. The van der Waals surface area contributed by atoms with Crippen LogP contribution in [0.25, 0.3) is 22.6 Å². The van der Waals surface area contributed by atoms with E-state index in [-0.39, 0.29) is 0 Å². The first-order valence-corrected chi connectivity index (χ1v) is 7.37. The van der Waals surface area contributed by atoms with Gasteiger partial charge in [-0.05, 0) is 43.7 Å².